The van der Waals surface area contributed by atoms with Crippen molar-refractivity contribution in [2.24, 2.45) is 0 Å². The maximum atomic E-state index is 12.9. The summed E-state index contributed by atoms with van der Waals surface area (Å²) in [5.41, 5.74) is 2.51. The van der Waals surface area contributed by atoms with Gasteiger partial charge in [-0.1, -0.05) is 37.3 Å². The molecule has 1 aliphatic heterocycles. The molecule has 30 heavy (non-hydrogen) atoms. The highest BCUT2D eigenvalue weighted by Crippen LogP contribution is 2.26. The van der Waals surface area contributed by atoms with Gasteiger partial charge in [0, 0.05) is 43.4 Å². The van der Waals surface area contributed by atoms with Gasteiger partial charge in [0.25, 0.3) is 0 Å². The number of piperazine rings is 1. The molecule has 3 aromatic rings. The number of nitrogens with one attached hydrogen (secondary N) is 1. The molecule has 4 rings (SSSR count). The van der Waals surface area contributed by atoms with Crippen molar-refractivity contribution in [3.05, 3.63) is 76.2 Å². The number of benzene rings is 1. The molecule has 0 bridgehead atoms. The molecule has 1 amide bonds. The van der Waals surface area contributed by atoms with E-state index in [0.29, 0.717) is 19.6 Å². The Morgan fingerprint density at radius 1 is 1.07 bits per heavy atom. The van der Waals surface area contributed by atoms with Crippen molar-refractivity contribution in [2.75, 3.05) is 37.6 Å². The number of rotatable bonds is 7. The van der Waals surface area contributed by atoms with E-state index in [-0.39, 0.29) is 11.9 Å². The van der Waals surface area contributed by atoms with E-state index in [4.69, 9.17) is 0 Å². The molecule has 0 radical (unpaired) electrons. The van der Waals surface area contributed by atoms with E-state index in [1.807, 2.05) is 11.0 Å². The molecule has 0 aliphatic carbocycles. The van der Waals surface area contributed by atoms with Crippen molar-refractivity contribution in [1.29, 1.82) is 0 Å². The quantitative estimate of drug-likeness (QED) is 0.635. The van der Waals surface area contributed by atoms with Crippen LogP contribution in [0.15, 0.2) is 60.2 Å². The van der Waals surface area contributed by atoms with Gasteiger partial charge in [0.1, 0.15) is 0 Å². The van der Waals surface area contributed by atoms with Crippen LogP contribution in [0.1, 0.15) is 29.0 Å². The van der Waals surface area contributed by atoms with Crippen molar-refractivity contribution in [3.63, 3.8) is 0 Å². The number of anilines is 1. The minimum atomic E-state index is 0.0267. The zero-order valence-corrected chi connectivity index (χ0v) is 18.0. The summed E-state index contributed by atoms with van der Waals surface area (Å²) in [6, 6.07) is 14.7. The highest BCUT2D eigenvalue weighted by atomic mass is 32.1. The number of carbonyl (C=O) groups excluding carboxylic acids is 1. The second-order valence-electron chi connectivity index (χ2n) is 7.34. The summed E-state index contributed by atoms with van der Waals surface area (Å²) in [6.07, 6.45) is 4.53. The first-order chi connectivity index (χ1) is 14.7. The lowest BCUT2D eigenvalue weighted by Gasteiger charge is -2.35. The fourth-order valence-corrected chi connectivity index (χ4v) is 4.52. The Morgan fingerprint density at radius 3 is 2.43 bits per heavy atom. The first kappa shape index (κ1) is 20.5. The van der Waals surface area contributed by atoms with E-state index in [1.54, 1.807) is 23.7 Å². The van der Waals surface area contributed by atoms with Crippen molar-refractivity contribution >= 4 is 23.2 Å². The van der Waals surface area contributed by atoms with Gasteiger partial charge in [0.15, 0.2) is 0 Å². The number of aryl methyl sites for hydroxylation is 1. The number of carbonyl (C=O) groups is 1. The Bertz CT molecular complexity index is 922. The first-order valence-electron chi connectivity index (χ1n) is 10.4. The van der Waals surface area contributed by atoms with Crippen molar-refractivity contribution < 1.29 is 4.79 Å². The third-order valence-corrected chi connectivity index (χ3v) is 6.41. The molecule has 1 atom stereocenters. The van der Waals surface area contributed by atoms with Gasteiger partial charge in [0.2, 0.25) is 11.9 Å². The average molecular weight is 422 g/mol. The monoisotopic (exact) mass is 421 g/mol. The van der Waals surface area contributed by atoms with Crippen molar-refractivity contribution in [3.8, 4) is 0 Å². The number of amides is 1. The van der Waals surface area contributed by atoms with Crippen LogP contribution in [-0.2, 0) is 11.2 Å². The smallest absolute Gasteiger partial charge is 0.236 e. The summed E-state index contributed by atoms with van der Waals surface area (Å²) in [4.78, 5) is 26.8. The lowest BCUT2D eigenvalue weighted by atomic mass is 10.0. The minimum Gasteiger partial charge on any atom is -0.338 e. The number of hydrogen-bond donors (Lipinski definition) is 1. The average Bonchev–Trinajstić information content (AvgIpc) is 3.35. The van der Waals surface area contributed by atoms with E-state index < -0.39 is 0 Å². The Hall–Kier alpha value is -2.77. The van der Waals surface area contributed by atoms with Gasteiger partial charge in [-0.3, -0.25) is 10.1 Å². The maximum Gasteiger partial charge on any atom is 0.236 e. The van der Waals surface area contributed by atoms with Crippen LogP contribution in [0.5, 0.6) is 0 Å². The molecule has 156 valence electrons. The number of hydrogen-bond acceptors (Lipinski definition) is 6. The van der Waals surface area contributed by atoms with Crippen LogP contribution in [0.3, 0.4) is 0 Å². The van der Waals surface area contributed by atoms with Gasteiger partial charge in [-0.25, -0.2) is 9.97 Å². The van der Waals surface area contributed by atoms with Gasteiger partial charge in [-0.05, 0) is 35.1 Å². The first-order valence-corrected chi connectivity index (χ1v) is 11.3. The third kappa shape index (κ3) is 4.86. The molecule has 1 saturated heterocycles. The van der Waals surface area contributed by atoms with Crippen LogP contribution in [0.25, 0.3) is 0 Å². The van der Waals surface area contributed by atoms with E-state index in [2.05, 4.69) is 68.9 Å². The van der Waals surface area contributed by atoms with Gasteiger partial charge >= 0.3 is 0 Å². The zero-order chi connectivity index (χ0) is 20.8. The molecular weight excluding hydrogens is 394 g/mol. The second-order valence-corrected chi connectivity index (χ2v) is 8.32. The second kappa shape index (κ2) is 9.82. The largest absolute Gasteiger partial charge is 0.338 e. The molecule has 7 heteroatoms. The van der Waals surface area contributed by atoms with Crippen LogP contribution < -0.4 is 10.2 Å². The van der Waals surface area contributed by atoms with Crippen molar-refractivity contribution in [2.45, 2.75) is 19.4 Å². The molecule has 1 aromatic carbocycles. The predicted octanol–water partition coefficient (Wildman–Crippen LogP) is 3.13. The lowest BCUT2D eigenvalue weighted by molar-refractivity contribution is -0.130. The van der Waals surface area contributed by atoms with Gasteiger partial charge in [0.05, 0.1) is 12.6 Å². The third-order valence-electron chi connectivity index (χ3n) is 5.47. The molecule has 0 spiro atoms. The van der Waals surface area contributed by atoms with Crippen LogP contribution in [0.4, 0.5) is 5.95 Å². The SMILES string of the molecule is CCc1ccc([C@H](NCC(=O)N2CCN(c3ncccn3)CC2)c2cccs2)cc1. The van der Waals surface area contributed by atoms with Crippen LogP contribution >= 0.6 is 11.3 Å². The fourth-order valence-electron chi connectivity index (χ4n) is 3.70. The fraction of sp³-hybridized carbons (Fsp3) is 0.348. The van der Waals surface area contributed by atoms with Gasteiger partial charge in [-0.15, -0.1) is 11.3 Å². The molecule has 1 N–H and O–H groups in total. The summed E-state index contributed by atoms with van der Waals surface area (Å²) < 4.78 is 0. The van der Waals surface area contributed by atoms with E-state index in [0.717, 1.165) is 25.5 Å². The van der Waals surface area contributed by atoms with Crippen molar-refractivity contribution in [1.82, 2.24) is 20.2 Å². The Balaban J connectivity index is 1.36. The molecule has 2 aromatic heterocycles. The maximum absolute atomic E-state index is 12.9. The number of nitrogens with zero attached hydrogens (tertiary/aromatic N) is 4. The summed E-state index contributed by atoms with van der Waals surface area (Å²) in [7, 11) is 0. The van der Waals surface area contributed by atoms with Crippen LogP contribution in [-0.4, -0.2) is 53.5 Å². The van der Waals surface area contributed by atoms with Crippen LogP contribution in [0, 0.1) is 0 Å². The minimum absolute atomic E-state index is 0.0267. The summed E-state index contributed by atoms with van der Waals surface area (Å²) in [6.45, 7) is 5.36. The Morgan fingerprint density at radius 2 is 1.80 bits per heavy atom. The van der Waals surface area contributed by atoms with E-state index in [9.17, 15) is 4.79 Å². The number of thiophene rings is 1. The summed E-state index contributed by atoms with van der Waals surface area (Å²) in [5.74, 6) is 0.867. The zero-order valence-electron chi connectivity index (χ0n) is 17.2. The highest BCUT2D eigenvalue weighted by molar-refractivity contribution is 7.10. The number of aromatic nitrogens is 2. The predicted molar refractivity (Wildman–Crippen MR) is 121 cm³/mol. The van der Waals surface area contributed by atoms with Crippen LogP contribution in [0.2, 0.25) is 0 Å². The van der Waals surface area contributed by atoms with Gasteiger partial charge < -0.3 is 9.80 Å². The molecular formula is C23H27N5OS. The summed E-state index contributed by atoms with van der Waals surface area (Å²) >= 11 is 1.71. The van der Waals surface area contributed by atoms with E-state index in [1.165, 1.54) is 16.0 Å². The molecule has 3 heterocycles. The van der Waals surface area contributed by atoms with E-state index >= 15 is 0 Å². The lowest BCUT2D eigenvalue weighted by Crippen LogP contribution is -2.51. The standard InChI is InChI=1S/C23H27N5OS/c1-2-18-6-8-19(9-7-18)22(20-5-3-16-30-20)26-17-21(29)27-12-14-28(15-13-27)23-24-10-4-11-25-23/h3-11,16,22,26H,2,12-15,17H2,1H3/t22-/m0/s1. The molecule has 1 fully saturated rings. The Kier molecular flexibility index (Phi) is 6.71. The van der Waals surface area contributed by atoms with Gasteiger partial charge in [-0.2, -0.15) is 0 Å². The normalized spacial score (nSPS) is 15.2. The topological polar surface area (TPSA) is 61.4 Å². The Labute approximate surface area is 181 Å². The molecule has 0 unspecified atom stereocenters. The molecule has 0 saturated carbocycles. The molecule has 1 aliphatic rings. The molecule has 6 nitrogen and oxygen atoms in total. The highest BCUT2D eigenvalue weighted by Gasteiger charge is 2.23. The summed E-state index contributed by atoms with van der Waals surface area (Å²) in [5, 5.41) is 5.58.